The third kappa shape index (κ3) is 3.35. The molecule has 0 aliphatic carbocycles. The van der Waals surface area contributed by atoms with Crippen LogP contribution in [0.5, 0.6) is 5.75 Å². The SMILES string of the molecule is COc1ccc(N2CC(=O)NC(CC(C)C)C2=O)cc1C. The first kappa shape index (κ1) is 15.4. The van der Waals surface area contributed by atoms with Crippen LogP contribution < -0.4 is 15.0 Å². The third-order valence-corrected chi connectivity index (χ3v) is 3.60. The van der Waals surface area contributed by atoms with E-state index >= 15 is 0 Å². The summed E-state index contributed by atoms with van der Waals surface area (Å²) in [7, 11) is 1.61. The van der Waals surface area contributed by atoms with Gasteiger partial charge in [-0.15, -0.1) is 0 Å². The summed E-state index contributed by atoms with van der Waals surface area (Å²) in [5.41, 5.74) is 1.68. The molecule has 0 spiro atoms. The molecule has 114 valence electrons. The van der Waals surface area contributed by atoms with Crippen molar-refractivity contribution in [3.05, 3.63) is 23.8 Å². The summed E-state index contributed by atoms with van der Waals surface area (Å²) < 4.78 is 5.23. The number of methoxy groups -OCH3 is 1. The molecule has 5 nitrogen and oxygen atoms in total. The number of nitrogens with zero attached hydrogens (tertiary/aromatic N) is 1. The zero-order chi connectivity index (χ0) is 15.6. The number of amides is 2. The molecule has 1 fully saturated rings. The molecule has 1 unspecified atom stereocenters. The molecule has 1 aliphatic rings. The number of nitrogens with one attached hydrogen (secondary N) is 1. The maximum absolute atomic E-state index is 12.6. The van der Waals surface area contributed by atoms with Crippen molar-refractivity contribution in [3.63, 3.8) is 0 Å². The molecule has 0 radical (unpaired) electrons. The smallest absolute Gasteiger partial charge is 0.250 e. The van der Waals surface area contributed by atoms with Crippen LogP contribution in [0.15, 0.2) is 18.2 Å². The molecule has 1 heterocycles. The normalized spacial score (nSPS) is 18.9. The molecule has 1 aromatic rings. The van der Waals surface area contributed by atoms with Crippen molar-refractivity contribution in [1.29, 1.82) is 0 Å². The van der Waals surface area contributed by atoms with Gasteiger partial charge in [0.15, 0.2) is 0 Å². The van der Waals surface area contributed by atoms with Crippen molar-refractivity contribution in [1.82, 2.24) is 5.32 Å². The first-order chi connectivity index (χ1) is 9.92. The molecule has 2 amide bonds. The number of aryl methyl sites for hydroxylation is 1. The van der Waals surface area contributed by atoms with Crippen LogP contribution in [-0.4, -0.2) is 31.5 Å². The second-order valence-corrected chi connectivity index (χ2v) is 5.83. The van der Waals surface area contributed by atoms with Gasteiger partial charge in [-0.25, -0.2) is 0 Å². The fourth-order valence-corrected chi connectivity index (χ4v) is 2.59. The van der Waals surface area contributed by atoms with Crippen molar-refractivity contribution in [2.24, 2.45) is 5.92 Å². The fraction of sp³-hybridized carbons (Fsp3) is 0.500. The Balaban J connectivity index is 2.27. The molecule has 1 aromatic carbocycles. The molecule has 1 atom stereocenters. The van der Waals surface area contributed by atoms with Crippen molar-refractivity contribution in [2.75, 3.05) is 18.6 Å². The average Bonchev–Trinajstić information content (AvgIpc) is 2.41. The molecule has 0 aromatic heterocycles. The molecule has 1 saturated heterocycles. The topological polar surface area (TPSA) is 58.6 Å². The van der Waals surface area contributed by atoms with E-state index in [1.54, 1.807) is 12.0 Å². The highest BCUT2D eigenvalue weighted by Crippen LogP contribution is 2.26. The standard InChI is InChI=1S/C16H22N2O3/c1-10(2)7-13-16(20)18(9-15(19)17-13)12-5-6-14(21-4)11(3)8-12/h5-6,8,10,13H,7,9H2,1-4H3,(H,17,19). The molecular formula is C16H22N2O3. The highest BCUT2D eigenvalue weighted by Gasteiger charge is 2.33. The second kappa shape index (κ2) is 6.16. The Labute approximate surface area is 125 Å². The van der Waals surface area contributed by atoms with Crippen LogP contribution in [0.1, 0.15) is 25.8 Å². The van der Waals surface area contributed by atoms with E-state index in [2.05, 4.69) is 5.32 Å². The van der Waals surface area contributed by atoms with Crippen molar-refractivity contribution >= 4 is 17.5 Å². The maximum atomic E-state index is 12.6. The van der Waals surface area contributed by atoms with E-state index in [4.69, 9.17) is 4.74 Å². The number of anilines is 1. The van der Waals surface area contributed by atoms with Crippen molar-refractivity contribution < 1.29 is 14.3 Å². The maximum Gasteiger partial charge on any atom is 0.250 e. The van der Waals surface area contributed by atoms with Crippen LogP contribution >= 0.6 is 0 Å². The molecular weight excluding hydrogens is 268 g/mol. The van der Waals surface area contributed by atoms with E-state index in [1.807, 2.05) is 39.0 Å². The lowest BCUT2D eigenvalue weighted by Gasteiger charge is -2.33. The van der Waals surface area contributed by atoms with Crippen molar-refractivity contribution in [2.45, 2.75) is 33.2 Å². The summed E-state index contributed by atoms with van der Waals surface area (Å²) in [6, 6.07) is 5.08. The predicted molar refractivity (Wildman–Crippen MR) is 81.5 cm³/mol. The van der Waals surface area contributed by atoms with Gasteiger partial charge in [0.1, 0.15) is 18.3 Å². The number of ether oxygens (including phenoxy) is 1. The van der Waals surface area contributed by atoms with Gasteiger partial charge in [-0.1, -0.05) is 13.8 Å². The average molecular weight is 290 g/mol. The summed E-state index contributed by atoms with van der Waals surface area (Å²) in [6.45, 7) is 6.06. The van der Waals surface area contributed by atoms with Gasteiger partial charge in [0, 0.05) is 5.69 Å². The summed E-state index contributed by atoms with van der Waals surface area (Å²) >= 11 is 0. The Hall–Kier alpha value is -2.04. The molecule has 1 N–H and O–H groups in total. The van der Waals surface area contributed by atoms with Gasteiger partial charge < -0.3 is 15.0 Å². The van der Waals surface area contributed by atoms with Crippen LogP contribution in [0, 0.1) is 12.8 Å². The van der Waals surface area contributed by atoms with Gasteiger partial charge in [-0.05, 0) is 43.0 Å². The zero-order valence-electron chi connectivity index (χ0n) is 13.0. The van der Waals surface area contributed by atoms with Crippen LogP contribution in [-0.2, 0) is 9.59 Å². The Morgan fingerprint density at radius 2 is 2.10 bits per heavy atom. The molecule has 1 aliphatic heterocycles. The first-order valence-corrected chi connectivity index (χ1v) is 7.17. The summed E-state index contributed by atoms with van der Waals surface area (Å²) in [5, 5.41) is 2.78. The Morgan fingerprint density at radius 1 is 1.38 bits per heavy atom. The minimum absolute atomic E-state index is 0.0483. The summed E-state index contributed by atoms with van der Waals surface area (Å²) in [6.07, 6.45) is 0.649. The van der Waals surface area contributed by atoms with Crippen LogP contribution in [0.3, 0.4) is 0 Å². The monoisotopic (exact) mass is 290 g/mol. The molecule has 0 bridgehead atoms. The molecule has 5 heteroatoms. The summed E-state index contributed by atoms with van der Waals surface area (Å²) in [5.74, 6) is 0.949. The number of piperazine rings is 1. The Kier molecular flexibility index (Phi) is 4.50. The number of carbonyl (C=O) groups excluding carboxylic acids is 2. The van der Waals surface area contributed by atoms with E-state index in [1.165, 1.54) is 0 Å². The van der Waals surface area contributed by atoms with Crippen LogP contribution in [0.4, 0.5) is 5.69 Å². The number of hydrogen-bond acceptors (Lipinski definition) is 3. The number of rotatable bonds is 4. The first-order valence-electron chi connectivity index (χ1n) is 7.17. The lowest BCUT2D eigenvalue weighted by atomic mass is 10.0. The quantitative estimate of drug-likeness (QED) is 0.921. The van der Waals surface area contributed by atoms with E-state index < -0.39 is 6.04 Å². The third-order valence-electron chi connectivity index (χ3n) is 3.60. The van der Waals surface area contributed by atoms with E-state index in [9.17, 15) is 9.59 Å². The van der Waals surface area contributed by atoms with Gasteiger partial charge in [-0.2, -0.15) is 0 Å². The van der Waals surface area contributed by atoms with Crippen molar-refractivity contribution in [3.8, 4) is 5.75 Å². The van der Waals surface area contributed by atoms with Gasteiger partial charge in [0.25, 0.3) is 0 Å². The highest BCUT2D eigenvalue weighted by atomic mass is 16.5. The highest BCUT2D eigenvalue weighted by molar-refractivity contribution is 6.06. The van der Waals surface area contributed by atoms with Crippen LogP contribution in [0.2, 0.25) is 0 Å². The number of benzene rings is 1. The molecule has 2 rings (SSSR count). The molecule has 21 heavy (non-hydrogen) atoms. The second-order valence-electron chi connectivity index (χ2n) is 5.83. The minimum Gasteiger partial charge on any atom is -0.496 e. The van der Waals surface area contributed by atoms with E-state index in [0.29, 0.717) is 12.3 Å². The largest absolute Gasteiger partial charge is 0.496 e. The summed E-state index contributed by atoms with van der Waals surface area (Å²) in [4.78, 5) is 26.0. The fourth-order valence-electron chi connectivity index (χ4n) is 2.59. The lowest BCUT2D eigenvalue weighted by Crippen LogP contribution is -2.58. The Morgan fingerprint density at radius 3 is 2.67 bits per heavy atom. The molecule has 0 saturated carbocycles. The predicted octanol–water partition coefficient (Wildman–Crippen LogP) is 1.88. The van der Waals surface area contributed by atoms with E-state index in [-0.39, 0.29) is 18.4 Å². The van der Waals surface area contributed by atoms with Gasteiger partial charge >= 0.3 is 0 Å². The lowest BCUT2D eigenvalue weighted by molar-refractivity contribution is -0.131. The van der Waals surface area contributed by atoms with Gasteiger partial charge in [-0.3, -0.25) is 9.59 Å². The number of hydrogen-bond donors (Lipinski definition) is 1. The number of carbonyl (C=O) groups is 2. The Bertz CT molecular complexity index is 554. The van der Waals surface area contributed by atoms with E-state index in [0.717, 1.165) is 17.0 Å². The minimum atomic E-state index is -0.436. The van der Waals surface area contributed by atoms with Gasteiger partial charge in [0.05, 0.1) is 7.11 Å². The van der Waals surface area contributed by atoms with Gasteiger partial charge in [0.2, 0.25) is 11.8 Å². The zero-order valence-corrected chi connectivity index (χ0v) is 13.0. The van der Waals surface area contributed by atoms with Crippen LogP contribution in [0.25, 0.3) is 0 Å².